The molecule has 0 atom stereocenters. The van der Waals surface area contributed by atoms with E-state index in [0.717, 1.165) is 88.7 Å². The quantitative estimate of drug-likeness (QED) is 0.156. The minimum absolute atomic E-state index is 0.602. The molecule has 10 aromatic rings. The van der Waals surface area contributed by atoms with Crippen LogP contribution in [0.1, 0.15) is 18.2 Å². The van der Waals surface area contributed by atoms with Crippen molar-refractivity contribution in [2.75, 3.05) is 0 Å². The number of aromatic nitrogens is 4. The Balaban J connectivity index is 1.10. The molecule has 0 aliphatic heterocycles. The lowest BCUT2D eigenvalue weighted by molar-refractivity contribution is 0.670. The molecule has 270 valence electrons. The van der Waals surface area contributed by atoms with Crippen molar-refractivity contribution in [1.29, 1.82) is 0 Å². The van der Waals surface area contributed by atoms with Crippen LogP contribution in [0.15, 0.2) is 187 Å². The highest BCUT2D eigenvalue weighted by Gasteiger charge is 2.19. The maximum absolute atomic E-state index is 6.44. The summed E-state index contributed by atoms with van der Waals surface area (Å²) >= 11 is 0. The average Bonchev–Trinajstić information content (AvgIpc) is 3.81. The van der Waals surface area contributed by atoms with Crippen LogP contribution >= 0.6 is 0 Å². The molecule has 0 fully saturated rings. The molecule has 5 nitrogen and oxygen atoms in total. The standard InChI is InChI=1S/C52H36N4O/c1-3-16-46-41(4-2)44-31-38(29-30-47(44)56(46)40-21-12-7-13-22-40)52-54-50(36-19-10-6-11-20-36)53-51(55-52)37-27-25-34(26-28-37)39-32-43(35-17-8-5-9-18-35)49-45(33-39)42-23-14-15-24-48(42)57-49/h3-33H,2H2,1H3/b16-3-. The summed E-state index contributed by atoms with van der Waals surface area (Å²) in [7, 11) is 0. The Morgan fingerprint density at radius 1 is 0.509 bits per heavy atom. The number of hydrogen-bond donors (Lipinski definition) is 0. The number of furan rings is 1. The van der Waals surface area contributed by atoms with Gasteiger partial charge in [0.15, 0.2) is 17.5 Å². The van der Waals surface area contributed by atoms with E-state index in [4.69, 9.17) is 19.4 Å². The van der Waals surface area contributed by atoms with Gasteiger partial charge in [0.1, 0.15) is 11.2 Å². The molecule has 0 radical (unpaired) electrons. The predicted molar refractivity (Wildman–Crippen MR) is 236 cm³/mol. The van der Waals surface area contributed by atoms with Crippen LogP contribution in [-0.2, 0) is 0 Å². The number of benzene rings is 7. The summed E-state index contributed by atoms with van der Waals surface area (Å²) in [6.45, 7) is 6.26. The van der Waals surface area contributed by atoms with Gasteiger partial charge in [-0.05, 0) is 78.2 Å². The fourth-order valence-electron chi connectivity index (χ4n) is 7.85. The van der Waals surface area contributed by atoms with E-state index in [-0.39, 0.29) is 0 Å². The van der Waals surface area contributed by atoms with Crippen molar-refractivity contribution in [2.24, 2.45) is 0 Å². The molecule has 0 bridgehead atoms. The van der Waals surface area contributed by atoms with Crippen molar-refractivity contribution in [3.63, 3.8) is 0 Å². The highest BCUT2D eigenvalue weighted by molar-refractivity contribution is 6.11. The molecule has 7 aromatic carbocycles. The summed E-state index contributed by atoms with van der Waals surface area (Å²) in [5, 5.41) is 3.26. The zero-order chi connectivity index (χ0) is 38.3. The monoisotopic (exact) mass is 732 g/mol. The van der Waals surface area contributed by atoms with Crippen molar-refractivity contribution >= 4 is 45.0 Å². The number of allylic oxidation sites excluding steroid dienone is 1. The summed E-state index contributed by atoms with van der Waals surface area (Å²) < 4.78 is 8.72. The number of rotatable bonds is 8. The van der Waals surface area contributed by atoms with Crippen LogP contribution in [0.3, 0.4) is 0 Å². The molecule has 5 heteroatoms. The van der Waals surface area contributed by atoms with E-state index in [0.29, 0.717) is 17.5 Å². The molecule has 0 amide bonds. The van der Waals surface area contributed by atoms with Gasteiger partial charge in [-0.1, -0.05) is 140 Å². The molecule has 3 aromatic heterocycles. The van der Waals surface area contributed by atoms with E-state index < -0.39 is 0 Å². The molecule has 57 heavy (non-hydrogen) atoms. The molecule has 0 aliphatic rings. The Bertz CT molecular complexity index is 3120. The van der Waals surface area contributed by atoms with Crippen molar-refractivity contribution < 1.29 is 4.42 Å². The minimum Gasteiger partial charge on any atom is -0.455 e. The Morgan fingerprint density at radius 3 is 1.75 bits per heavy atom. The SMILES string of the molecule is C=Cc1c(/C=C\C)n(-c2ccccc2)c2ccc(-c3nc(-c4ccccc4)nc(-c4ccc(-c5cc(-c6ccccc6)c6oc7ccccc7c6c5)cc4)n3)cc12. The van der Waals surface area contributed by atoms with Crippen LogP contribution < -0.4 is 0 Å². The number of para-hydroxylation sites is 2. The molecular formula is C52H36N4O. The van der Waals surface area contributed by atoms with Gasteiger partial charge < -0.3 is 8.98 Å². The molecule has 0 saturated heterocycles. The van der Waals surface area contributed by atoms with Gasteiger partial charge in [0.25, 0.3) is 0 Å². The zero-order valence-electron chi connectivity index (χ0n) is 31.3. The van der Waals surface area contributed by atoms with Crippen molar-refractivity contribution in [2.45, 2.75) is 6.92 Å². The number of hydrogen-bond acceptors (Lipinski definition) is 4. The topological polar surface area (TPSA) is 56.7 Å². The predicted octanol–water partition coefficient (Wildman–Crippen LogP) is 13.7. The highest BCUT2D eigenvalue weighted by Crippen LogP contribution is 2.40. The Hall–Kier alpha value is -7.63. The summed E-state index contributed by atoms with van der Waals surface area (Å²) in [5.41, 5.74) is 13.1. The largest absolute Gasteiger partial charge is 0.455 e. The van der Waals surface area contributed by atoms with Crippen molar-refractivity contribution in [1.82, 2.24) is 19.5 Å². The molecule has 0 aliphatic carbocycles. The van der Waals surface area contributed by atoms with Crippen LogP contribution in [0.2, 0.25) is 0 Å². The lowest BCUT2D eigenvalue weighted by atomic mass is 9.95. The third-order valence-electron chi connectivity index (χ3n) is 10.6. The van der Waals surface area contributed by atoms with Crippen LogP contribution in [0, 0.1) is 0 Å². The van der Waals surface area contributed by atoms with E-state index in [1.165, 1.54) is 0 Å². The molecule has 10 rings (SSSR count). The Morgan fingerprint density at radius 2 is 1.07 bits per heavy atom. The van der Waals surface area contributed by atoms with Crippen molar-refractivity contribution in [3.05, 3.63) is 194 Å². The molecular weight excluding hydrogens is 697 g/mol. The molecule has 0 saturated carbocycles. The average molecular weight is 733 g/mol. The fraction of sp³-hybridized carbons (Fsp3) is 0.0192. The summed E-state index contributed by atoms with van der Waals surface area (Å²) in [6, 6.07) is 58.6. The second-order valence-electron chi connectivity index (χ2n) is 14.0. The Labute approximate surface area is 330 Å². The lowest BCUT2D eigenvalue weighted by Crippen LogP contribution is -2.00. The summed E-state index contributed by atoms with van der Waals surface area (Å²) in [5.74, 6) is 1.82. The van der Waals surface area contributed by atoms with Gasteiger partial charge in [0.05, 0.1) is 11.2 Å². The third kappa shape index (κ3) is 6.03. The number of fused-ring (bicyclic) bond motifs is 4. The van der Waals surface area contributed by atoms with Crippen LogP contribution in [0.4, 0.5) is 0 Å². The first-order valence-electron chi connectivity index (χ1n) is 19.1. The van der Waals surface area contributed by atoms with E-state index >= 15 is 0 Å². The molecule has 0 N–H and O–H groups in total. The molecule has 0 unspecified atom stereocenters. The first-order chi connectivity index (χ1) is 28.2. The van der Waals surface area contributed by atoms with Crippen LogP contribution in [0.5, 0.6) is 0 Å². The minimum atomic E-state index is 0.602. The first kappa shape index (κ1) is 33.9. The van der Waals surface area contributed by atoms with Gasteiger partial charge in [0.2, 0.25) is 0 Å². The molecule has 0 spiro atoms. The van der Waals surface area contributed by atoms with Crippen LogP contribution in [0.25, 0.3) is 107 Å². The van der Waals surface area contributed by atoms with Gasteiger partial charge in [-0.25, -0.2) is 15.0 Å². The second-order valence-corrected chi connectivity index (χ2v) is 14.0. The number of nitrogens with zero attached hydrogens (tertiary/aromatic N) is 4. The van der Waals surface area contributed by atoms with Gasteiger partial charge in [-0.15, -0.1) is 0 Å². The van der Waals surface area contributed by atoms with E-state index in [1.54, 1.807) is 0 Å². The lowest BCUT2D eigenvalue weighted by Gasteiger charge is -2.11. The summed E-state index contributed by atoms with van der Waals surface area (Å²) in [4.78, 5) is 15.2. The van der Waals surface area contributed by atoms with E-state index in [2.05, 4.69) is 139 Å². The highest BCUT2D eigenvalue weighted by atomic mass is 16.3. The zero-order valence-corrected chi connectivity index (χ0v) is 31.3. The van der Waals surface area contributed by atoms with Gasteiger partial charge in [0, 0.05) is 49.7 Å². The van der Waals surface area contributed by atoms with Crippen LogP contribution in [-0.4, -0.2) is 19.5 Å². The second kappa shape index (κ2) is 14.2. The maximum Gasteiger partial charge on any atom is 0.164 e. The van der Waals surface area contributed by atoms with E-state index in [1.807, 2.05) is 67.6 Å². The fourth-order valence-corrected chi connectivity index (χ4v) is 7.85. The van der Waals surface area contributed by atoms with Gasteiger partial charge in [-0.3, -0.25) is 0 Å². The van der Waals surface area contributed by atoms with E-state index in [9.17, 15) is 0 Å². The molecule has 3 heterocycles. The summed E-state index contributed by atoms with van der Waals surface area (Å²) in [6.07, 6.45) is 6.14. The van der Waals surface area contributed by atoms with Gasteiger partial charge >= 0.3 is 0 Å². The smallest absolute Gasteiger partial charge is 0.164 e. The van der Waals surface area contributed by atoms with Crippen molar-refractivity contribution in [3.8, 4) is 62.1 Å². The first-order valence-corrected chi connectivity index (χ1v) is 19.1. The maximum atomic E-state index is 6.44. The Kier molecular flexibility index (Phi) is 8.46. The normalized spacial score (nSPS) is 11.6. The van der Waals surface area contributed by atoms with Gasteiger partial charge in [-0.2, -0.15) is 0 Å². The third-order valence-corrected chi connectivity index (χ3v) is 10.6.